The van der Waals surface area contributed by atoms with Gasteiger partial charge in [0.1, 0.15) is 5.78 Å². The summed E-state index contributed by atoms with van der Waals surface area (Å²) in [4.78, 5) is 21.4. The van der Waals surface area contributed by atoms with Crippen molar-refractivity contribution in [3.63, 3.8) is 0 Å². The Morgan fingerprint density at radius 2 is 0.963 bits per heavy atom. The van der Waals surface area contributed by atoms with Gasteiger partial charge in [-0.05, 0) is 104 Å². The molecule has 0 saturated heterocycles. The van der Waals surface area contributed by atoms with Crippen LogP contribution in [0.4, 0.5) is 0 Å². The van der Waals surface area contributed by atoms with Crippen molar-refractivity contribution in [2.75, 3.05) is 0 Å². The summed E-state index contributed by atoms with van der Waals surface area (Å²) in [6.45, 7) is 30.7. The smallest absolute Gasteiger partial charge is 1.00 e. The molecule has 9 heteroatoms. The largest absolute Gasteiger partial charge is 1.00 e. The van der Waals surface area contributed by atoms with Gasteiger partial charge in [-0.15, -0.1) is 0 Å². The van der Waals surface area contributed by atoms with Gasteiger partial charge in [0.25, 0.3) is 0 Å². The Kier molecular flexibility index (Phi) is 34.7. The summed E-state index contributed by atoms with van der Waals surface area (Å²) in [5, 5.41) is 9.49. The van der Waals surface area contributed by atoms with E-state index in [-0.39, 0.29) is 66.1 Å². The number of aliphatic hydroxyl groups excluding tert-OH is 1. The molecule has 1 N–H and O–H groups in total. The second-order valence-corrected chi connectivity index (χ2v) is 22.3. The number of aliphatic hydroxyl groups is 1. The number of benzene rings is 3. The Labute approximate surface area is 372 Å². The summed E-state index contributed by atoms with van der Waals surface area (Å²) >= 11 is -1.72. The van der Waals surface area contributed by atoms with Crippen molar-refractivity contribution in [2.24, 2.45) is 0 Å². The van der Waals surface area contributed by atoms with E-state index < -0.39 is 11.4 Å². The maximum Gasteiger partial charge on any atom is 1.00 e. The van der Waals surface area contributed by atoms with Gasteiger partial charge in [0.15, 0.2) is 23.1 Å². The molecule has 3 aromatic carbocycles. The van der Waals surface area contributed by atoms with Crippen LogP contribution in [-0.2, 0) is 20.4 Å². The number of hydrogen-bond acceptors (Lipinski definition) is 3. The molecule has 0 bridgehead atoms. The zero-order chi connectivity index (χ0) is 40.8. The molecule has 1 unspecified atom stereocenters. The van der Waals surface area contributed by atoms with E-state index in [4.69, 9.17) is 30.1 Å². The monoisotopic (exact) mass is 826 g/mol. The van der Waals surface area contributed by atoms with Crippen LogP contribution in [0.3, 0.4) is 0 Å². The third kappa shape index (κ3) is 30.4. The minimum absolute atomic E-state index is 0. The van der Waals surface area contributed by atoms with Gasteiger partial charge in [-0.2, -0.15) is 0 Å². The zero-order valence-electron chi connectivity index (χ0n) is 36.8. The first-order chi connectivity index (χ1) is 23.8. The van der Waals surface area contributed by atoms with E-state index in [1.165, 1.54) is 27.8 Å². The average molecular weight is 828 g/mol. The summed E-state index contributed by atoms with van der Waals surface area (Å²) in [7, 11) is 14.8. The summed E-state index contributed by atoms with van der Waals surface area (Å²) in [5.41, 5.74) is 7.74. The standard InChI is InChI=1S/C15H24O.C15H22O.C9H12.C6H10O.2Al.3ClH.Li.4H/c2*1-11(2)13-6-8-14(9-7-13)15(4,5)10-12(3)16;1-8(2)9-6-4-3-5-7-9;1-5(2)4-6(3)7;;;;;;;;;;/h6-9,11-12,16H,10H2,1-5H3;6-9,11H,10H2,1-5H3;3-8H,1-2H3;4H,1-3H3;;;3*1H;;;;;/q;;;;;+3;;;;+1;;;;-1/p-3. The fourth-order valence-corrected chi connectivity index (χ4v) is 5.46. The number of carbonyl (C=O) groups excluding carboxylic acids is 2. The minimum atomic E-state index is -1.72. The zero-order valence-corrected chi connectivity index (χ0v) is 39.2. The Balaban J connectivity index is -0.000000200. The summed E-state index contributed by atoms with van der Waals surface area (Å²) in [6, 6.07) is 27.9. The van der Waals surface area contributed by atoms with Gasteiger partial charge >= 0.3 is 30.2 Å². The Morgan fingerprint density at radius 1 is 0.648 bits per heavy atom. The van der Waals surface area contributed by atoms with Crippen LogP contribution in [0, 0.1) is 0 Å². The topological polar surface area (TPSA) is 54.4 Å². The molecule has 0 fully saturated rings. The number of ketones is 2. The molecule has 0 spiro atoms. The minimum Gasteiger partial charge on any atom is -1.00 e. The van der Waals surface area contributed by atoms with Crippen LogP contribution >= 0.6 is 30.1 Å². The average Bonchev–Trinajstić information content (AvgIpc) is 3.00. The van der Waals surface area contributed by atoms with Gasteiger partial charge in [-0.3, -0.25) is 9.59 Å². The first-order valence-corrected chi connectivity index (χ1v) is 23.6. The normalized spacial score (nSPS) is 10.9. The molecule has 0 aliphatic heterocycles. The van der Waals surface area contributed by atoms with E-state index in [1.807, 2.05) is 26.8 Å². The fraction of sp³-hybridized carbons (Fsp3) is 0.511. The first-order valence-electron chi connectivity index (χ1n) is 18.3. The van der Waals surface area contributed by atoms with Crippen molar-refractivity contribution in [2.45, 2.75) is 151 Å². The Bertz CT molecular complexity index is 1440. The number of allylic oxidation sites excluding steroid dienone is 2. The number of halogens is 3. The van der Waals surface area contributed by atoms with Crippen molar-refractivity contribution >= 4 is 70.5 Å². The van der Waals surface area contributed by atoms with E-state index >= 15 is 0 Å². The van der Waals surface area contributed by atoms with Crippen LogP contribution in [0.25, 0.3) is 0 Å². The SMILES string of the molecule is CC(=O)C=C(C)C.CC(=O)CC(C)(C)c1ccc(C(C)C)cc1.CC(C)c1ccccc1.CC(O)CC(C)(C)c1ccc(C(C)C)cc1.[AlH3].[Cl][Al]([Cl])[Cl].[H-].[Li+]. The van der Waals surface area contributed by atoms with Crippen LogP contribution in [0.15, 0.2) is 90.5 Å². The number of rotatable bonds is 10. The van der Waals surface area contributed by atoms with Crippen LogP contribution in [0.5, 0.6) is 0 Å². The Hall–Kier alpha value is -0.768. The molecular weight excluding hydrogens is 756 g/mol. The van der Waals surface area contributed by atoms with Crippen LogP contribution < -0.4 is 18.9 Å². The molecule has 0 saturated carbocycles. The van der Waals surface area contributed by atoms with Crippen molar-refractivity contribution in [3.05, 3.63) is 118 Å². The summed E-state index contributed by atoms with van der Waals surface area (Å²) < 4.78 is 0. The predicted molar refractivity (Wildman–Crippen MR) is 244 cm³/mol. The molecule has 0 heterocycles. The molecular formula is C45H72Al2Cl3LiO3. The third-order valence-corrected chi connectivity index (χ3v) is 8.17. The second kappa shape index (κ2) is 31.3. The van der Waals surface area contributed by atoms with E-state index in [1.54, 1.807) is 19.9 Å². The van der Waals surface area contributed by atoms with Crippen LogP contribution in [-0.4, -0.2) is 51.5 Å². The molecule has 54 heavy (non-hydrogen) atoms. The van der Waals surface area contributed by atoms with Gasteiger partial charge in [-0.25, -0.2) is 30.1 Å². The van der Waals surface area contributed by atoms with Gasteiger partial charge < -0.3 is 6.53 Å². The van der Waals surface area contributed by atoms with E-state index in [2.05, 4.69) is 142 Å². The quantitative estimate of drug-likeness (QED) is 0.164. The molecule has 3 rings (SSSR count). The van der Waals surface area contributed by atoms with Crippen molar-refractivity contribution in [1.82, 2.24) is 0 Å². The maximum absolute atomic E-state index is 11.2. The second-order valence-electron chi connectivity index (χ2n) is 15.9. The molecule has 0 amide bonds. The van der Waals surface area contributed by atoms with Crippen molar-refractivity contribution in [3.8, 4) is 0 Å². The fourth-order valence-electron chi connectivity index (χ4n) is 5.46. The van der Waals surface area contributed by atoms with E-state index in [0.29, 0.717) is 24.2 Å². The van der Waals surface area contributed by atoms with Crippen molar-refractivity contribution in [1.29, 1.82) is 0 Å². The Morgan fingerprint density at radius 3 is 1.19 bits per heavy atom. The molecule has 0 radical (unpaired) electrons. The van der Waals surface area contributed by atoms with Crippen LogP contribution in [0.1, 0.15) is 164 Å². The molecule has 0 aliphatic carbocycles. The molecule has 298 valence electrons. The molecule has 3 aromatic rings. The predicted octanol–water partition coefficient (Wildman–Crippen LogP) is 9.90. The van der Waals surface area contributed by atoms with Gasteiger partial charge in [0.05, 0.1) is 6.10 Å². The number of carbonyl (C=O) groups is 2. The molecule has 0 aromatic heterocycles. The molecule has 0 aliphatic rings. The van der Waals surface area contributed by atoms with E-state index in [9.17, 15) is 14.7 Å². The van der Waals surface area contributed by atoms with E-state index in [0.717, 1.165) is 12.0 Å². The molecule has 3 nitrogen and oxygen atoms in total. The number of hydrogen-bond donors (Lipinski definition) is 1. The first kappa shape index (κ1) is 59.9. The summed E-state index contributed by atoms with van der Waals surface area (Å²) in [6.07, 6.45) is 2.77. The van der Waals surface area contributed by atoms with Gasteiger partial charge in [-0.1, -0.05) is 154 Å². The van der Waals surface area contributed by atoms with Crippen LogP contribution in [0.2, 0.25) is 0 Å². The van der Waals surface area contributed by atoms with Gasteiger partial charge in [0, 0.05) is 6.42 Å². The summed E-state index contributed by atoms with van der Waals surface area (Å²) in [5.74, 6) is 2.17. The maximum atomic E-state index is 11.2. The molecule has 1 atom stereocenters. The van der Waals surface area contributed by atoms with Crippen molar-refractivity contribution < 1.29 is 35.0 Å². The number of Topliss-reactive ketones (excluding diaryl/α,β-unsaturated/α-hetero) is 1. The van der Waals surface area contributed by atoms with Gasteiger partial charge in [0.2, 0.25) is 0 Å². The third-order valence-electron chi connectivity index (χ3n) is 8.17.